The van der Waals surface area contributed by atoms with Crippen LogP contribution in [-0.4, -0.2) is 54.0 Å². The van der Waals surface area contributed by atoms with E-state index in [2.05, 4.69) is 4.90 Å². The maximum absolute atomic E-state index is 13.1. The molecule has 0 aliphatic carbocycles. The molecular weight excluding hydrogens is 386 g/mol. The predicted octanol–water partition coefficient (Wildman–Crippen LogP) is 2.19. The number of aromatic nitrogens is 2. The van der Waals surface area contributed by atoms with Crippen molar-refractivity contribution in [3.63, 3.8) is 0 Å². The van der Waals surface area contributed by atoms with Gasteiger partial charge in [-0.1, -0.05) is 6.07 Å². The molecule has 0 saturated carbocycles. The number of benzene rings is 2. The number of phenols is 1. The number of hydrogen-bond acceptors (Lipinski definition) is 7. The lowest BCUT2D eigenvalue weighted by molar-refractivity contribution is 0.270. The fraction of sp³-hybridized carbons (Fsp3) is 0.364. The van der Waals surface area contributed by atoms with Crippen LogP contribution in [0, 0.1) is 0 Å². The van der Waals surface area contributed by atoms with Crippen molar-refractivity contribution in [2.24, 2.45) is 0 Å². The van der Waals surface area contributed by atoms with E-state index in [1.165, 1.54) is 7.11 Å². The van der Waals surface area contributed by atoms with Gasteiger partial charge >= 0.3 is 0 Å². The summed E-state index contributed by atoms with van der Waals surface area (Å²) in [4.78, 5) is 20.1. The maximum Gasteiger partial charge on any atom is 0.261 e. The second kappa shape index (κ2) is 8.23. The van der Waals surface area contributed by atoms with Gasteiger partial charge in [0.05, 0.1) is 32.2 Å². The number of hydrogen-bond donors (Lipinski definition) is 1. The summed E-state index contributed by atoms with van der Waals surface area (Å²) in [6.07, 6.45) is 0.654. The standard InChI is InChI=1S/C22H25N3O5/c1-28-18-5-4-14(10-17(18)26)13-24-7-6-21-23-16-12-20(30-3)19(29-2)11-15(16)22(27)25(21)9-8-24/h4-5,10-12,26H,6-9,13H2,1-3H3. The molecule has 2 aromatic carbocycles. The highest BCUT2D eigenvalue weighted by atomic mass is 16.5. The molecule has 158 valence electrons. The van der Waals surface area contributed by atoms with Gasteiger partial charge in [-0.3, -0.25) is 14.3 Å². The number of ether oxygens (including phenoxy) is 3. The van der Waals surface area contributed by atoms with Crippen molar-refractivity contribution in [2.45, 2.75) is 19.5 Å². The Hall–Kier alpha value is -3.26. The lowest BCUT2D eigenvalue weighted by Crippen LogP contribution is -2.28. The van der Waals surface area contributed by atoms with Crippen LogP contribution in [0.5, 0.6) is 23.0 Å². The van der Waals surface area contributed by atoms with Gasteiger partial charge in [0.15, 0.2) is 23.0 Å². The summed E-state index contributed by atoms with van der Waals surface area (Å²) in [6, 6.07) is 8.86. The van der Waals surface area contributed by atoms with E-state index in [4.69, 9.17) is 19.2 Å². The van der Waals surface area contributed by atoms with Gasteiger partial charge in [-0.05, 0) is 23.8 Å². The number of rotatable bonds is 5. The van der Waals surface area contributed by atoms with Crippen LogP contribution in [-0.2, 0) is 19.5 Å². The zero-order chi connectivity index (χ0) is 21.3. The van der Waals surface area contributed by atoms with Crippen LogP contribution in [0.4, 0.5) is 0 Å². The molecule has 1 aliphatic rings. The fourth-order valence-corrected chi connectivity index (χ4v) is 3.88. The Morgan fingerprint density at radius 1 is 0.967 bits per heavy atom. The number of methoxy groups -OCH3 is 3. The van der Waals surface area contributed by atoms with Crippen LogP contribution in [0.15, 0.2) is 35.1 Å². The van der Waals surface area contributed by atoms with Gasteiger partial charge in [-0.2, -0.15) is 0 Å². The molecule has 2 heterocycles. The van der Waals surface area contributed by atoms with Crippen molar-refractivity contribution < 1.29 is 19.3 Å². The normalized spacial score (nSPS) is 14.2. The van der Waals surface area contributed by atoms with Crippen molar-refractivity contribution in [3.8, 4) is 23.0 Å². The average molecular weight is 411 g/mol. The van der Waals surface area contributed by atoms with Crippen molar-refractivity contribution in [3.05, 3.63) is 52.1 Å². The number of nitrogens with zero attached hydrogens (tertiary/aromatic N) is 3. The summed E-state index contributed by atoms with van der Waals surface area (Å²) < 4.78 is 17.5. The lowest BCUT2D eigenvalue weighted by Gasteiger charge is -2.19. The molecule has 1 N–H and O–H groups in total. The van der Waals surface area contributed by atoms with Gasteiger partial charge in [0.2, 0.25) is 0 Å². The summed E-state index contributed by atoms with van der Waals surface area (Å²) in [5, 5.41) is 10.5. The molecule has 1 aliphatic heterocycles. The van der Waals surface area contributed by atoms with Crippen LogP contribution in [0.2, 0.25) is 0 Å². The van der Waals surface area contributed by atoms with E-state index in [9.17, 15) is 9.90 Å². The zero-order valence-electron chi connectivity index (χ0n) is 17.3. The number of aromatic hydroxyl groups is 1. The Labute approximate surface area is 174 Å². The second-order valence-corrected chi connectivity index (χ2v) is 7.24. The van der Waals surface area contributed by atoms with Gasteiger partial charge < -0.3 is 19.3 Å². The smallest absolute Gasteiger partial charge is 0.261 e. The van der Waals surface area contributed by atoms with E-state index in [-0.39, 0.29) is 11.3 Å². The highest BCUT2D eigenvalue weighted by Gasteiger charge is 2.19. The summed E-state index contributed by atoms with van der Waals surface area (Å²) >= 11 is 0. The molecular formula is C22H25N3O5. The average Bonchev–Trinajstić information content (AvgIpc) is 2.95. The lowest BCUT2D eigenvalue weighted by atomic mass is 10.2. The van der Waals surface area contributed by atoms with Gasteiger partial charge in [0.25, 0.3) is 5.56 Å². The minimum Gasteiger partial charge on any atom is -0.504 e. The largest absolute Gasteiger partial charge is 0.504 e. The summed E-state index contributed by atoms with van der Waals surface area (Å²) in [7, 11) is 4.64. The van der Waals surface area contributed by atoms with Crippen molar-refractivity contribution in [1.29, 1.82) is 0 Å². The van der Waals surface area contributed by atoms with Crippen LogP contribution in [0.1, 0.15) is 11.4 Å². The van der Waals surface area contributed by atoms with E-state index in [1.54, 1.807) is 43.1 Å². The Morgan fingerprint density at radius 2 is 1.70 bits per heavy atom. The molecule has 0 atom stereocenters. The molecule has 4 rings (SSSR count). The summed E-state index contributed by atoms with van der Waals surface area (Å²) in [6.45, 7) is 2.69. The minimum atomic E-state index is -0.0695. The van der Waals surface area contributed by atoms with Crippen molar-refractivity contribution in [1.82, 2.24) is 14.5 Å². The third kappa shape index (κ3) is 3.66. The molecule has 30 heavy (non-hydrogen) atoms. The minimum absolute atomic E-state index is 0.0695. The second-order valence-electron chi connectivity index (χ2n) is 7.24. The first-order valence-corrected chi connectivity index (χ1v) is 9.77. The zero-order valence-corrected chi connectivity index (χ0v) is 17.3. The molecule has 8 nitrogen and oxygen atoms in total. The van der Waals surface area contributed by atoms with Gasteiger partial charge in [0.1, 0.15) is 5.82 Å². The van der Waals surface area contributed by atoms with E-state index < -0.39 is 0 Å². The monoisotopic (exact) mass is 411 g/mol. The molecule has 0 bridgehead atoms. The summed E-state index contributed by atoms with van der Waals surface area (Å²) in [5.74, 6) is 2.41. The first-order valence-electron chi connectivity index (χ1n) is 9.77. The molecule has 0 saturated heterocycles. The topological polar surface area (TPSA) is 86.1 Å². The Morgan fingerprint density at radius 3 is 2.40 bits per heavy atom. The van der Waals surface area contributed by atoms with E-state index in [1.807, 2.05) is 6.07 Å². The predicted molar refractivity (Wildman–Crippen MR) is 113 cm³/mol. The van der Waals surface area contributed by atoms with Crippen LogP contribution in [0.25, 0.3) is 10.9 Å². The first-order chi connectivity index (χ1) is 14.5. The maximum atomic E-state index is 13.1. The highest BCUT2D eigenvalue weighted by Crippen LogP contribution is 2.30. The molecule has 1 aromatic heterocycles. The summed E-state index contributed by atoms with van der Waals surface area (Å²) in [5.41, 5.74) is 1.52. The van der Waals surface area contributed by atoms with Crippen LogP contribution in [0.3, 0.4) is 0 Å². The molecule has 0 amide bonds. The third-order valence-corrected chi connectivity index (χ3v) is 5.48. The van der Waals surface area contributed by atoms with Gasteiger partial charge in [0, 0.05) is 38.7 Å². The fourth-order valence-electron chi connectivity index (χ4n) is 3.88. The van der Waals surface area contributed by atoms with E-state index >= 15 is 0 Å². The molecule has 0 fully saturated rings. The molecule has 0 unspecified atom stereocenters. The Balaban J connectivity index is 1.61. The van der Waals surface area contributed by atoms with Crippen LogP contribution >= 0.6 is 0 Å². The highest BCUT2D eigenvalue weighted by molar-refractivity contribution is 5.82. The third-order valence-electron chi connectivity index (χ3n) is 5.48. The van der Waals surface area contributed by atoms with Gasteiger partial charge in [-0.15, -0.1) is 0 Å². The molecule has 3 aromatic rings. The quantitative estimate of drug-likeness (QED) is 0.689. The molecule has 8 heteroatoms. The molecule has 0 spiro atoms. The first kappa shape index (κ1) is 20.0. The van der Waals surface area contributed by atoms with Crippen LogP contribution < -0.4 is 19.8 Å². The Kier molecular flexibility index (Phi) is 5.50. The Bertz CT molecular complexity index is 1140. The van der Waals surface area contributed by atoms with Crippen molar-refractivity contribution in [2.75, 3.05) is 34.4 Å². The van der Waals surface area contributed by atoms with Gasteiger partial charge in [-0.25, -0.2) is 4.98 Å². The van der Waals surface area contributed by atoms with E-state index in [0.717, 1.165) is 17.9 Å². The van der Waals surface area contributed by atoms with Crippen molar-refractivity contribution >= 4 is 10.9 Å². The van der Waals surface area contributed by atoms with E-state index in [0.29, 0.717) is 54.2 Å². The number of phenolic OH excluding ortho intramolecular Hbond substituents is 1. The molecule has 0 radical (unpaired) electrons. The number of fused-ring (bicyclic) bond motifs is 2. The SMILES string of the molecule is COc1ccc(CN2CCc3nc4cc(OC)c(OC)cc4c(=O)n3CC2)cc1O.